The van der Waals surface area contributed by atoms with E-state index in [1.807, 2.05) is 66.7 Å². The van der Waals surface area contributed by atoms with Crippen molar-refractivity contribution in [1.82, 2.24) is 0 Å². The fourth-order valence-electron chi connectivity index (χ4n) is 2.70. The van der Waals surface area contributed by atoms with Gasteiger partial charge < -0.3 is 15.1 Å². The second-order valence-corrected chi connectivity index (χ2v) is 5.67. The zero-order valence-electron chi connectivity index (χ0n) is 13.9. The highest BCUT2D eigenvalue weighted by atomic mass is 16.5. The summed E-state index contributed by atoms with van der Waals surface area (Å²) in [4.78, 5) is 0. The molecule has 3 aromatic rings. The number of phenols is 1. The quantitative estimate of drug-likeness (QED) is 0.411. The summed E-state index contributed by atoms with van der Waals surface area (Å²) in [6.07, 6.45) is 0.428. The second kappa shape index (κ2) is 7.53. The topological polar surface area (TPSA) is 62.0 Å². The molecule has 0 fully saturated rings. The molecule has 3 aromatic carbocycles. The Labute approximate surface area is 146 Å². The van der Waals surface area contributed by atoms with Crippen molar-refractivity contribution in [2.24, 2.45) is 5.16 Å². The highest BCUT2D eigenvalue weighted by Crippen LogP contribution is 2.28. The van der Waals surface area contributed by atoms with Gasteiger partial charge in [-0.05, 0) is 41.0 Å². The van der Waals surface area contributed by atoms with Gasteiger partial charge in [0.15, 0.2) is 0 Å². The molecule has 0 atom stereocenters. The van der Waals surface area contributed by atoms with Gasteiger partial charge in [-0.25, -0.2) is 0 Å². The largest absolute Gasteiger partial charge is 0.507 e. The summed E-state index contributed by atoms with van der Waals surface area (Å²) in [6.45, 7) is 0. The summed E-state index contributed by atoms with van der Waals surface area (Å²) in [5.74, 6) is 0.866. The Morgan fingerprint density at radius 1 is 0.920 bits per heavy atom. The number of benzene rings is 3. The molecule has 0 aromatic heterocycles. The van der Waals surface area contributed by atoms with Crippen molar-refractivity contribution in [1.29, 1.82) is 0 Å². The van der Waals surface area contributed by atoms with E-state index in [9.17, 15) is 10.3 Å². The summed E-state index contributed by atoms with van der Waals surface area (Å²) in [5.41, 5.74) is 3.84. The lowest BCUT2D eigenvalue weighted by Gasteiger charge is -2.10. The number of rotatable bonds is 5. The highest BCUT2D eigenvalue weighted by Gasteiger charge is 2.12. The molecule has 0 saturated carbocycles. The first-order valence-corrected chi connectivity index (χ1v) is 7.94. The van der Waals surface area contributed by atoms with E-state index >= 15 is 0 Å². The van der Waals surface area contributed by atoms with Gasteiger partial charge in [0.1, 0.15) is 11.5 Å². The van der Waals surface area contributed by atoms with E-state index in [4.69, 9.17) is 4.74 Å². The predicted molar refractivity (Wildman–Crippen MR) is 98.6 cm³/mol. The van der Waals surface area contributed by atoms with Gasteiger partial charge in [0.25, 0.3) is 0 Å². The Morgan fingerprint density at radius 2 is 1.60 bits per heavy atom. The normalized spacial score (nSPS) is 11.3. The molecule has 0 unspecified atom stereocenters. The minimum absolute atomic E-state index is 0.0843. The number of methoxy groups -OCH3 is 1. The minimum atomic E-state index is 0.0843. The van der Waals surface area contributed by atoms with Crippen molar-refractivity contribution >= 4 is 5.71 Å². The molecule has 126 valence electrons. The molecule has 4 heteroatoms. The van der Waals surface area contributed by atoms with Crippen LogP contribution in [-0.4, -0.2) is 23.1 Å². The van der Waals surface area contributed by atoms with Gasteiger partial charge in [0.05, 0.1) is 12.8 Å². The Morgan fingerprint density at radius 3 is 2.24 bits per heavy atom. The second-order valence-electron chi connectivity index (χ2n) is 5.67. The number of oxime groups is 1. The molecule has 0 aliphatic rings. The molecule has 0 spiro atoms. The number of hydrogen-bond acceptors (Lipinski definition) is 4. The van der Waals surface area contributed by atoms with Crippen LogP contribution in [0.2, 0.25) is 0 Å². The highest BCUT2D eigenvalue weighted by molar-refractivity contribution is 6.04. The third-order valence-electron chi connectivity index (χ3n) is 4.07. The smallest absolute Gasteiger partial charge is 0.124 e. The van der Waals surface area contributed by atoms with Crippen LogP contribution in [-0.2, 0) is 6.42 Å². The van der Waals surface area contributed by atoms with Gasteiger partial charge in [-0.3, -0.25) is 0 Å². The molecular weight excluding hydrogens is 314 g/mol. The van der Waals surface area contributed by atoms with Crippen molar-refractivity contribution in [3.63, 3.8) is 0 Å². The number of nitrogens with zero attached hydrogens (tertiary/aromatic N) is 1. The number of hydrogen-bond donors (Lipinski definition) is 2. The van der Waals surface area contributed by atoms with Gasteiger partial charge in [0, 0.05) is 12.0 Å². The van der Waals surface area contributed by atoms with Crippen LogP contribution in [0.5, 0.6) is 11.5 Å². The summed E-state index contributed by atoms with van der Waals surface area (Å²) in [5, 5.41) is 23.1. The van der Waals surface area contributed by atoms with Crippen LogP contribution in [0.1, 0.15) is 11.1 Å². The van der Waals surface area contributed by atoms with E-state index < -0.39 is 0 Å². The first-order chi connectivity index (χ1) is 12.2. The lowest BCUT2D eigenvalue weighted by atomic mass is 9.97. The van der Waals surface area contributed by atoms with Gasteiger partial charge in [-0.15, -0.1) is 0 Å². The van der Waals surface area contributed by atoms with E-state index in [0.717, 1.165) is 22.4 Å². The molecule has 0 aliphatic carbocycles. The van der Waals surface area contributed by atoms with Crippen molar-refractivity contribution in [2.75, 3.05) is 7.11 Å². The first kappa shape index (κ1) is 16.6. The SMILES string of the molecule is COc1ccc(-c2ccc(O)c(/C(Cc3ccccc3)=N/O)c2)cc1. The molecular formula is C21H19NO3. The average molecular weight is 333 g/mol. The molecule has 0 heterocycles. The van der Waals surface area contributed by atoms with Gasteiger partial charge in [-0.2, -0.15) is 0 Å². The van der Waals surface area contributed by atoms with Crippen LogP contribution >= 0.6 is 0 Å². The minimum Gasteiger partial charge on any atom is -0.507 e. The van der Waals surface area contributed by atoms with Crippen molar-refractivity contribution in [3.05, 3.63) is 83.9 Å². The third-order valence-corrected chi connectivity index (χ3v) is 4.07. The van der Waals surface area contributed by atoms with Gasteiger partial charge >= 0.3 is 0 Å². The van der Waals surface area contributed by atoms with Crippen LogP contribution in [0.4, 0.5) is 0 Å². The zero-order valence-corrected chi connectivity index (χ0v) is 13.9. The number of aromatic hydroxyl groups is 1. The molecule has 25 heavy (non-hydrogen) atoms. The van der Waals surface area contributed by atoms with Gasteiger partial charge in [0.2, 0.25) is 0 Å². The first-order valence-electron chi connectivity index (χ1n) is 7.94. The molecule has 3 rings (SSSR count). The maximum absolute atomic E-state index is 10.2. The monoisotopic (exact) mass is 333 g/mol. The molecule has 0 saturated heterocycles. The number of phenolic OH excluding ortho intramolecular Hbond substituents is 1. The lowest BCUT2D eigenvalue weighted by molar-refractivity contribution is 0.318. The standard InChI is InChI=1S/C21H19NO3/c1-25-18-10-7-16(8-11-18)17-9-12-21(23)19(14-17)20(22-24)13-15-5-3-2-4-6-15/h2-12,14,23-24H,13H2,1H3/b22-20+. The van der Waals surface area contributed by atoms with Crippen LogP contribution in [0.15, 0.2) is 78.0 Å². The predicted octanol–water partition coefficient (Wildman–Crippen LogP) is 4.49. The van der Waals surface area contributed by atoms with E-state index in [1.54, 1.807) is 13.2 Å². The summed E-state index contributed by atoms with van der Waals surface area (Å²) in [7, 11) is 1.63. The Bertz CT molecular complexity index is 871. The lowest BCUT2D eigenvalue weighted by Crippen LogP contribution is -2.06. The Kier molecular flexibility index (Phi) is 5.00. The molecule has 4 nitrogen and oxygen atoms in total. The third kappa shape index (κ3) is 3.80. The maximum atomic E-state index is 10.2. The van der Waals surface area contributed by atoms with Crippen molar-refractivity contribution in [3.8, 4) is 22.6 Å². The van der Waals surface area contributed by atoms with Crippen LogP contribution in [0, 0.1) is 0 Å². The Balaban J connectivity index is 1.95. The molecule has 0 aliphatic heterocycles. The van der Waals surface area contributed by atoms with E-state index in [1.165, 1.54) is 0 Å². The van der Waals surface area contributed by atoms with Crippen LogP contribution in [0.25, 0.3) is 11.1 Å². The fraction of sp³-hybridized carbons (Fsp3) is 0.0952. The molecule has 2 N–H and O–H groups in total. The maximum Gasteiger partial charge on any atom is 0.124 e. The van der Waals surface area contributed by atoms with Crippen molar-refractivity contribution < 1.29 is 15.1 Å². The summed E-state index contributed by atoms with van der Waals surface area (Å²) >= 11 is 0. The van der Waals surface area contributed by atoms with Crippen LogP contribution < -0.4 is 4.74 Å². The van der Waals surface area contributed by atoms with Crippen molar-refractivity contribution in [2.45, 2.75) is 6.42 Å². The number of ether oxygens (including phenoxy) is 1. The summed E-state index contributed by atoms with van der Waals surface area (Å²) in [6, 6.07) is 22.6. The molecule has 0 radical (unpaired) electrons. The van der Waals surface area contributed by atoms with Gasteiger partial charge in [-0.1, -0.05) is 53.7 Å². The average Bonchev–Trinajstić information content (AvgIpc) is 2.67. The molecule has 0 bridgehead atoms. The Hall–Kier alpha value is -3.27. The van der Waals surface area contributed by atoms with Crippen LogP contribution in [0.3, 0.4) is 0 Å². The molecule has 0 amide bonds. The zero-order chi connectivity index (χ0) is 17.6. The fourth-order valence-corrected chi connectivity index (χ4v) is 2.70. The van der Waals surface area contributed by atoms with E-state index in [0.29, 0.717) is 17.7 Å². The summed E-state index contributed by atoms with van der Waals surface area (Å²) < 4.78 is 5.18. The van der Waals surface area contributed by atoms with E-state index in [2.05, 4.69) is 5.16 Å². The van der Waals surface area contributed by atoms with E-state index in [-0.39, 0.29) is 5.75 Å².